The average Bonchev–Trinajstić information content (AvgIpc) is 2.46. The summed E-state index contributed by atoms with van der Waals surface area (Å²) < 4.78 is 0. The molecular formula is C20H39NO. The van der Waals surface area contributed by atoms with Gasteiger partial charge in [0.15, 0.2) is 0 Å². The van der Waals surface area contributed by atoms with Gasteiger partial charge in [-0.1, -0.05) is 58.3 Å². The predicted octanol–water partition coefficient (Wildman–Crippen LogP) is 5.37. The lowest BCUT2D eigenvalue weighted by atomic mass is 9.76. The quantitative estimate of drug-likeness (QED) is 0.476. The van der Waals surface area contributed by atoms with Gasteiger partial charge in [-0.05, 0) is 63.0 Å². The molecule has 0 spiro atoms. The highest BCUT2D eigenvalue weighted by Crippen LogP contribution is 2.35. The van der Waals surface area contributed by atoms with E-state index in [1.165, 1.54) is 37.7 Å². The van der Waals surface area contributed by atoms with Crippen molar-refractivity contribution in [2.45, 2.75) is 92.1 Å². The highest BCUT2D eigenvalue weighted by molar-refractivity contribution is 5.24. The molecule has 3 N–H and O–H groups in total. The van der Waals surface area contributed by atoms with Gasteiger partial charge in [0.2, 0.25) is 0 Å². The number of aliphatic hydroxyl groups is 1. The second-order valence-corrected chi connectivity index (χ2v) is 6.98. The van der Waals surface area contributed by atoms with Crippen LogP contribution in [0.5, 0.6) is 0 Å². The average molecular weight is 310 g/mol. The molecule has 0 aliphatic rings. The van der Waals surface area contributed by atoms with E-state index in [1.807, 2.05) is 6.92 Å². The molecule has 2 heteroatoms. The van der Waals surface area contributed by atoms with Crippen molar-refractivity contribution in [3.05, 3.63) is 23.3 Å². The molecule has 0 aromatic carbocycles. The Kier molecular flexibility index (Phi) is 11.6. The van der Waals surface area contributed by atoms with Crippen molar-refractivity contribution >= 4 is 0 Å². The van der Waals surface area contributed by atoms with Gasteiger partial charge in [-0.25, -0.2) is 0 Å². The Morgan fingerprint density at radius 3 is 2.18 bits per heavy atom. The topological polar surface area (TPSA) is 46.2 Å². The number of aliphatic hydroxyl groups excluding tert-OH is 1. The van der Waals surface area contributed by atoms with Gasteiger partial charge in [-0.2, -0.15) is 0 Å². The summed E-state index contributed by atoms with van der Waals surface area (Å²) >= 11 is 0. The third kappa shape index (κ3) is 8.75. The molecule has 0 aliphatic heterocycles. The van der Waals surface area contributed by atoms with Crippen LogP contribution in [0.1, 0.15) is 86.0 Å². The van der Waals surface area contributed by atoms with Crippen LogP contribution in [-0.4, -0.2) is 17.8 Å². The maximum absolute atomic E-state index is 10.1. The smallest absolute Gasteiger partial charge is 0.0762 e. The highest BCUT2D eigenvalue weighted by atomic mass is 16.3. The molecule has 0 fully saturated rings. The first-order valence-electron chi connectivity index (χ1n) is 9.17. The van der Waals surface area contributed by atoms with Gasteiger partial charge >= 0.3 is 0 Å². The molecule has 1 atom stereocenters. The first-order chi connectivity index (χ1) is 10.4. The molecule has 0 aliphatic carbocycles. The van der Waals surface area contributed by atoms with E-state index in [0.717, 1.165) is 18.4 Å². The van der Waals surface area contributed by atoms with Crippen molar-refractivity contribution in [1.29, 1.82) is 0 Å². The summed E-state index contributed by atoms with van der Waals surface area (Å²) in [5, 5.41) is 10.1. The van der Waals surface area contributed by atoms with Crippen LogP contribution in [0.2, 0.25) is 0 Å². The third-order valence-corrected chi connectivity index (χ3v) is 4.57. The molecule has 0 radical (unpaired) electrons. The van der Waals surface area contributed by atoms with Crippen LogP contribution in [0.15, 0.2) is 23.3 Å². The number of hydrogen-bond donors (Lipinski definition) is 2. The Morgan fingerprint density at radius 1 is 1.14 bits per heavy atom. The second kappa shape index (κ2) is 11.9. The lowest BCUT2D eigenvalue weighted by Crippen LogP contribution is -2.16. The molecule has 0 saturated carbocycles. The van der Waals surface area contributed by atoms with Gasteiger partial charge < -0.3 is 10.8 Å². The van der Waals surface area contributed by atoms with Crippen LogP contribution in [0, 0.1) is 5.41 Å². The lowest BCUT2D eigenvalue weighted by molar-refractivity contribution is 0.203. The van der Waals surface area contributed by atoms with Gasteiger partial charge in [0.05, 0.1) is 6.10 Å². The largest absolute Gasteiger partial charge is 0.389 e. The molecule has 0 saturated heterocycles. The molecule has 2 nitrogen and oxygen atoms in total. The Hall–Kier alpha value is -0.600. The van der Waals surface area contributed by atoms with Crippen molar-refractivity contribution in [3.63, 3.8) is 0 Å². The fourth-order valence-corrected chi connectivity index (χ4v) is 3.30. The summed E-state index contributed by atoms with van der Waals surface area (Å²) in [4.78, 5) is 0. The molecule has 0 bridgehead atoms. The van der Waals surface area contributed by atoms with Crippen LogP contribution < -0.4 is 5.73 Å². The SMILES string of the molecule is CC/C=C(\C=C(/C)C(O)CCN)CCC(C)(CCC)CCC. The summed E-state index contributed by atoms with van der Waals surface area (Å²) in [7, 11) is 0. The van der Waals surface area contributed by atoms with E-state index in [1.54, 1.807) is 0 Å². The fraction of sp³-hybridized carbons (Fsp3) is 0.800. The van der Waals surface area contributed by atoms with Crippen molar-refractivity contribution < 1.29 is 5.11 Å². The molecule has 0 amide bonds. The maximum atomic E-state index is 10.1. The number of nitrogens with two attached hydrogens (primary N) is 1. The second-order valence-electron chi connectivity index (χ2n) is 6.98. The molecule has 0 rings (SSSR count). The van der Waals surface area contributed by atoms with Gasteiger partial charge in [-0.3, -0.25) is 0 Å². The zero-order valence-electron chi connectivity index (χ0n) is 15.6. The van der Waals surface area contributed by atoms with E-state index in [4.69, 9.17) is 5.73 Å². The van der Waals surface area contributed by atoms with Crippen LogP contribution in [0.3, 0.4) is 0 Å². The summed E-state index contributed by atoms with van der Waals surface area (Å²) in [6, 6.07) is 0. The van der Waals surface area contributed by atoms with E-state index in [0.29, 0.717) is 18.4 Å². The first-order valence-corrected chi connectivity index (χ1v) is 9.17. The predicted molar refractivity (Wildman–Crippen MR) is 99.0 cm³/mol. The van der Waals surface area contributed by atoms with Gasteiger partial charge in [0.1, 0.15) is 0 Å². The zero-order chi connectivity index (χ0) is 17.0. The Balaban J connectivity index is 4.84. The van der Waals surface area contributed by atoms with E-state index < -0.39 is 6.10 Å². The van der Waals surface area contributed by atoms with Crippen LogP contribution in [0.25, 0.3) is 0 Å². The minimum absolute atomic E-state index is 0.400. The molecule has 0 heterocycles. The fourth-order valence-electron chi connectivity index (χ4n) is 3.30. The summed E-state index contributed by atoms with van der Waals surface area (Å²) in [5.74, 6) is 0. The normalized spacial score (nSPS) is 15.2. The molecule has 130 valence electrons. The summed E-state index contributed by atoms with van der Waals surface area (Å²) in [5.41, 5.74) is 8.40. The Bertz CT molecular complexity index is 338. The van der Waals surface area contributed by atoms with E-state index in [9.17, 15) is 5.11 Å². The molecule has 0 aromatic rings. The molecule has 22 heavy (non-hydrogen) atoms. The Labute approximate surface area is 138 Å². The van der Waals surface area contributed by atoms with Gasteiger partial charge in [0, 0.05) is 0 Å². The van der Waals surface area contributed by atoms with Crippen molar-refractivity contribution in [2.75, 3.05) is 6.54 Å². The van der Waals surface area contributed by atoms with Gasteiger partial charge in [0.25, 0.3) is 0 Å². The number of allylic oxidation sites excluding steroid dienone is 3. The number of hydrogen-bond acceptors (Lipinski definition) is 2. The standard InChI is InChI=1S/C20H39NO/c1-6-9-18(16-17(4)19(22)11-15-21)10-14-20(5,12-7-2)13-8-3/h9,16,19,22H,6-8,10-15,21H2,1-5H3/b17-16+,18-9-. The van der Waals surface area contributed by atoms with Crippen molar-refractivity contribution in [3.8, 4) is 0 Å². The minimum atomic E-state index is -0.400. The lowest BCUT2D eigenvalue weighted by Gasteiger charge is -2.29. The van der Waals surface area contributed by atoms with E-state index in [-0.39, 0.29) is 0 Å². The Morgan fingerprint density at radius 2 is 1.73 bits per heavy atom. The van der Waals surface area contributed by atoms with Crippen molar-refractivity contribution in [1.82, 2.24) is 0 Å². The molecule has 1 unspecified atom stereocenters. The summed E-state index contributed by atoms with van der Waals surface area (Å²) in [6.45, 7) is 11.7. The van der Waals surface area contributed by atoms with Crippen LogP contribution >= 0.6 is 0 Å². The molecular weight excluding hydrogens is 270 g/mol. The van der Waals surface area contributed by atoms with Gasteiger partial charge in [-0.15, -0.1) is 0 Å². The number of rotatable bonds is 12. The van der Waals surface area contributed by atoms with Crippen LogP contribution in [-0.2, 0) is 0 Å². The van der Waals surface area contributed by atoms with E-state index in [2.05, 4.69) is 39.8 Å². The highest BCUT2D eigenvalue weighted by Gasteiger charge is 2.22. The molecule has 0 aromatic heterocycles. The third-order valence-electron chi connectivity index (χ3n) is 4.57. The first kappa shape index (κ1) is 21.4. The minimum Gasteiger partial charge on any atom is -0.389 e. The maximum Gasteiger partial charge on any atom is 0.0762 e. The van der Waals surface area contributed by atoms with E-state index >= 15 is 0 Å². The zero-order valence-corrected chi connectivity index (χ0v) is 15.6. The van der Waals surface area contributed by atoms with Crippen LogP contribution in [0.4, 0.5) is 0 Å². The monoisotopic (exact) mass is 309 g/mol. The summed E-state index contributed by atoms with van der Waals surface area (Å²) in [6.07, 6.45) is 13.2. The van der Waals surface area contributed by atoms with Crippen molar-refractivity contribution in [2.24, 2.45) is 11.1 Å².